The van der Waals surface area contributed by atoms with E-state index in [2.05, 4.69) is 26.0 Å². The van der Waals surface area contributed by atoms with Crippen molar-refractivity contribution in [1.29, 1.82) is 0 Å². The van der Waals surface area contributed by atoms with E-state index in [1.54, 1.807) is 0 Å². The maximum atomic E-state index is 12.7. The molecular weight excluding hydrogens is 300 g/mol. The Kier molecular flexibility index (Phi) is 5.22. The molecule has 4 nitrogen and oxygen atoms in total. The first-order chi connectivity index (χ1) is 11.6. The van der Waals surface area contributed by atoms with E-state index < -0.39 is 0 Å². The summed E-state index contributed by atoms with van der Waals surface area (Å²) in [5, 5.41) is 0. The van der Waals surface area contributed by atoms with E-state index in [1.165, 1.54) is 17.5 Å². The summed E-state index contributed by atoms with van der Waals surface area (Å²) >= 11 is 0. The predicted octanol–water partition coefficient (Wildman–Crippen LogP) is 2.90. The lowest BCUT2D eigenvalue weighted by Crippen LogP contribution is -2.51. The third-order valence-corrected chi connectivity index (χ3v) is 5.56. The molecule has 3 rings (SSSR count). The molecule has 1 saturated heterocycles. The predicted molar refractivity (Wildman–Crippen MR) is 95.0 cm³/mol. The van der Waals surface area contributed by atoms with Crippen molar-refractivity contribution < 1.29 is 9.59 Å². The molecule has 1 aromatic rings. The van der Waals surface area contributed by atoms with Gasteiger partial charge in [-0.15, -0.1) is 0 Å². The fourth-order valence-corrected chi connectivity index (χ4v) is 3.91. The van der Waals surface area contributed by atoms with Gasteiger partial charge in [0.15, 0.2) is 0 Å². The van der Waals surface area contributed by atoms with Gasteiger partial charge in [0.05, 0.1) is 0 Å². The third kappa shape index (κ3) is 3.33. The number of hydrogen-bond donors (Lipinski definition) is 0. The highest BCUT2D eigenvalue weighted by Gasteiger charge is 2.28. The van der Waals surface area contributed by atoms with Gasteiger partial charge < -0.3 is 9.80 Å². The van der Waals surface area contributed by atoms with Crippen molar-refractivity contribution in [2.45, 2.75) is 46.0 Å². The number of piperazine rings is 1. The quantitative estimate of drug-likeness (QED) is 0.853. The molecular formula is C20H28N2O2. The fourth-order valence-electron chi connectivity index (χ4n) is 3.91. The molecule has 24 heavy (non-hydrogen) atoms. The van der Waals surface area contributed by atoms with E-state index in [9.17, 15) is 9.59 Å². The van der Waals surface area contributed by atoms with Crippen LogP contribution in [0.25, 0.3) is 0 Å². The first kappa shape index (κ1) is 17.0. The van der Waals surface area contributed by atoms with Crippen molar-refractivity contribution in [1.82, 2.24) is 9.80 Å². The fraction of sp³-hybridized carbons (Fsp3) is 0.600. The van der Waals surface area contributed by atoms with Gasteiger partial charge >= 0.3 is 0 Å². The summed E-state index contributed by atoms with van der Waals surface area (Å²) in [6.07, 6.45) is 5.21. The SMILES string of the molecule is CCC(CC)C(=O)N1CCN(C(=O)c2ccc3c(c2)CCC3)CC1. The van der Waals surface area contributed by atoms with Crippen LogP contribution in [0.3, 0.4) is 0 Å². The average Bonchev–Trinajstić information content (AvgIpc) is 3.10. The van der Waals surface area contributed by atoms with E-state index >= 15 is 0 Å². The first-order valence-corrected chi connectivity index (χ1v) is 9.33. The van der Waals surface area contributed by atoms with Crippen LogP contribution in [0.2, 0.25) is 0 Å². The monoisotopic (exact) mass is 328 g/mol. The van der Waals surface area contributed by atoms with Gasteiger partial charge in [0, 0.05) is 37.7 Å². The first-order valence-electron chi connectivity index (χ1n) is 9.33. The Bertz CT molecular complexity index is 614. The molecule has 0 spiro atoms. The third-order valence-electron chi connectivity index (χ3n) is 5.56. The summed E-state index contributed by atoms with van der Waals surface area (Å²) < 4.78 is 0. The second kappa shape index (κ2) is 7.37. The van der Waals surface area contributed by atoms with Gasteiger partial charge in [0.2, 0.25) is 5.91 Å². The normalized spacial score (nSPS) is 17.3. The standard InChI is InChI=1S/C20H28N2O2/c1-3-15(4-2)19(23)21-10-12-22(13-11-21)20(24)18-9-8-16-6-5-7-17(16)14-18/h8-9,14-15H,3-7,10-13H2,1-2H3. The highest BCUT2D eigenvalue weighted by molar-refractivity contribution is 5.94. The van der Waals surface area contributed by atoms with Crippen LogP contribution in [0.1, 0.15) is 54.6 Å². The Hall–Kier alpha value is -1.84. The summed E-state index contributed by atoms with van der Waals surface area (Å²) in [4.78, 5) is 29.0. The maximum absolute atomic E-state index is 12.7. The molecule has 130 valence electrons. The zero-order valence-electron chi connectivity index (χ0n) is 14.9. The maximum Gasteiger partial charge on any atom is 0.253 e. The molecule has 2 aliphatic rings. The second-order valence-corrected chi connectivity index (χ2v) is 6.97. The average molecular weight is 328 g/mol. The van der Waals surface area contributed by atoms with Crippen LogP contribution in [0.5, 0.6) is 0 Å². The molecule has 1 aliphatic heterocycles. The van der Waals surface area contributed by atoms with Crippen molar-refractivity contribution in [3.05, 3.63) is 34.9 Å². The number of fused-ring (bicyclic) bond motifs is 1. The molecule has 1 heterocycles. The zero-order chi connectivity index (χ0) is 17.1. The van der Waals surface area contributed by atoms with Crippen LogP contribution in [0, 0.1) is 5.92 Å². The summed E-state index contributed by atoms with van der Waals surface area (Å²) in [5.41, 5.74) is 3.53. The molecule has 0 bridgehead atoms. The zero-order valence-corrected chi connectivity index (χ0v) is 14.9. The minimum atomic E-state index is 0.110. The van der Waals surface area contributed by atoms with Gasteiger partial charge in [0.25, 0.3) is 5.91 Å². The Balaban J connectivity index is 1.60. The van der Waals surface area contributed by atoms with E-state index in [0.29, 0.717) is 26.2 Å². The van der Waals surface area contributed by atoms with E-state index in [1.807, 2.05) is 15.9 Å². The smallest absolute Gasteiger partial charge is 0.253 e. The number of hydrogen-bond acceptors (Lipinski definition) is 2. The van der Waals surface area contributed by atoms with Gasteiger partial charge in [-0.1, -0.05) is 19.9 Å². The number of rotatable bonds is 4. The Morgan fingerprint density at radius 3 is 2.25 bits per heavy atom. The molecule has 0 N–H and O–H groups in total. The topological polar surface area (TPSA) is 40.6 Å². The van der Waals surface area contributed by atoms with Gasteiger partial charge in [-0.2, -0.15) is 0 Å². The molecule has 0 atom stereocenters. The van der Waals surface area contributed by atoms with Crippen LogP contribution in [-0.4, -0.2) is 47.8 Å². The van der Waals surface area contributed by atoms with Crippen molar-refractivity contribution >= 4 is 11.8 Å². The molecule has 2 amide bonds. The molecule has 0 saturated carbocycles. The summed E-state index contributed by atoms with van der Waals surface area (Å²) in [7, 11) is 0. The van der Waals surface area contributed by atoms with Crippen molar-refractivity contribution in [2.24, 2.45) is 5.92 Å². The summed E-state index contributed by atoms with van der Waals surface area (Å²) in [5.74, 6) is 0.493. The lowest BCUT2D eigenvalue weighted by Gasteiger charge is -2.36. The lowest BCUT2D eigenvalue weighted by atomic mass is 10.0. The van der Waals surface area contributed by atoms with Crippen LogP contribution in [0.15, 0.2) is 18.2 Å². The van der Waals surface area contributed by atoms with Crippen LogP contribution >= 0.6 is 0 Å². The van der Waals surface area contributed by atoms with Crippen molar-refractivity contribution in [3.8, 4) is 0 Å². The molecule has 1 aromatic carbocycles. The van der Waals surface area contributed by atoms with Gasteiger partial charge in [0.1, 0.15) is 0 Å². The van der Waals surface area contributed by atoms with Crippen molar-refractivity contribution in [2.75, 3.05) is 26.2 Å². The Labute approximate surface area is 144 Å². The number of aryl methyl sites for hydroxylation is 2. The molecule has 1 aliphatic carbocycles. The lowest BCUT2D eigenvalue weighted by molar-refractivity contribution is -0.137. The van der Waals surface area contributed by atoms with Crippen LogP contribution in [0.4, 0.5) is 0 Å². The summed E-state index contributed by atoms with van der Waals surface area (Å²) in [6.45, 7) is 6.74. The number of carbonyl (C=O) groups is 2. The van der Waals surface area contributed by atoms with Gasteiger partial charge in [-0.3, -0.25) is 9.59 Å². The number of nitrogens with zero attached hydrogens (tertiary/aromatic N) is 2. The molecule has 0 radical (unpaired) electrons. The number of benzene rings is 1. The Morgan fingerprint density at radius 1 is 0.958 bits per heavy atom. The molecule has 0 aromatic heterocycles. The Morgan fingerprint density at radius 2 is 1.58 bits per heavy atom. The van der Waals surface area contributed by atoms with E-state index in [0.717, 1.165) is 31.2 Å². The van der Waals surface area contributed by atoms with Gasteiger partial charge in [-0.05, 0) is 55.4 Å². The minimum Gasteiger partial charge on any atom is -0.339 e. The molecule has 1 fully saturated rings. The molecule has 0 unspecified atom stereocenters. The summed E-state index contributed by atoms with van der Waals surface area (Å²) in [6, 6.07) is 6.16. The highest BCUT2D eigenvalue weighted by Crippen LogP contribution is 2.24. The highest BCUT2D eigenvalue weighted by atomic mass is 16.2. The largest absolute Gasteiger partial charge is 0.339 e. The van der Waals surface area contributed by atoms with E-state index in [-0.39, 0.29) is 17.7 Å². The van der Waals surface area contributed by atoms with Crippen molar-refractivity contribution in [3.63, 3.8) is 0 Å². The second-order valence-electron chi connectivity index (χ2n) is 6.97. The van der Waals surface area contributed by atoms with E-state index in [4.69, 9.17) is 0 Å². The van der Waals surface area contributed by atoms with Crippen LogP contribution < -0.4 is 0 Å². The minimum absolute atomic E-state index is 0.110. The van der Waals surface area contributed by atoms with Gasteiger partial charge in [-0.25, -0.2) is 0 Å². The van der Waals surface area contributed by atoms with Crippen LogP contribution in [-0.2, 0) is 17.6 Å². The number of amides is 2. The molecule has 4 heteroatoms. The number of carbonyl (C=O) groups excluding carboxylic acids is 2.